The summed E-state index contributed by atoms with van der Waals surface area (Å²) in [4.78, 5) is 0. The maximum atomic E-state index is 5.63. The molecular formula is C8H16N2O. The van der Waals surface area contributed by atoms with Gasteiger partial charge in [-0.1, -0.05) is 12.8 Å². The summed E-state index contributed by atoms with van der Waals surface area (Å²) in [5.41, 5.74) is 6.20. The van der Waals surface area contributed by atoms with Crippen molar-refractivity contribution in [3.8, 4) is 0 Å². The van der Waals surface area contributed by atoms with Gasteiger partial charge in [0, 0.05) is 6.54 Å². The van der Waals surface area contributed by atoms with Crippen LogP contribution in [0.3, 0.4) is 0 Å². The van der Waals surface area contributed by atoms with Gasteiger partial charge in [0.25, 0.3) is 0 Å². The van der Waals surface area contributed by atoms with Crippen molar-refractivity contribution in [1.29, 1.82) is 0 Å². The predicted octanol–water partition coefficient (Wildman–Crippen LogP) is 0.627. The minimum absolute atomic E-state index is 0.520. The van der Waals surface area contributed by atoms with E-state index < -0.39 is 0 Å². The summed E-state index contributed by atoms with van der Waals surface area (Å²) in [6.45, 7) is 1.74. The van der Waals surface area contributed by atoms with Crippen LogP contribution in [0.4, 0.5) is 0 Å². The van der Waals surface area contributed by atoms with Crippen molar-refractivity contribution >= 4 is 0 Å². The van der Waals surface area contributed by atoms with Crippen LogP contribution in [0.25, 0.3) is 0 Å². The Morgan fingerprint density at radius 1 is 1.09 bits per heavy atom. The van der Waals surface area contributed by atoms with Gasteiger partial charge in [-0.2, -0.15) is 0 Å². The molecule has 11 heavy (non-hydrogen) atoms. The zero-order chi connectivity index (χ0) is 7.52. The Morgan fingerprint density at radius 2 is 2.00 bits per heavy atom. The van der Waals surface area contributed by atoms with Crippen LogP contribution >= 0.6 is 0 Å². The van der Waals surface area contributed by atoms with Crippen molar-refractivity contribution in [3.63, 3.8) is 0 Å². The van der Waals surface area contributed by atoms with Gasteiger partial charge in [-0.25, -0.2) is 5.43 Å². The second-order valence-corrected chi connectivity index (χ2v) is 3.45. The molecule has 2 atom stereocenters. The molecule has 0 amide bonds. The lowest BCUT2D eigenvalue weighted by molar-refractivity contribution is -0.000701. The van der Waals surface area contributed by atoms with Crippen LogP contribution in [-0.4, -0.2) is 19.4 Å². The predicted molar refractivity (Wildman–Crippen MR) is 42.8 cm³/mol. The van der Waals surface area contributed by atoms with Crippen molar-refractivity contribution in [2.45, 2.75) is 31.8 Å². The number of hydrogen-bond donors (Lipinski definition) is 2. The monoisotopic (exact) mass is 156 g/mol. The summed E-state index contributed by atoms with van der Waals surface area (Å²) < 4.78 is 5.63. The number of hydrazine groups is 1. The van der Waals surface area contributed by atoms with Gasteiger partial charge < -0.3 is 4.74 Å². The van der Waals surface area contributed by atoms with Crippen molar-refractivity contribution in [2.75, 3.05) is 13.3 Å². The Balaban J connectivity index is 1.93. The average molecular weight is 156 g/mol. The lowest BCUT2D eigenvalue weighted by atomic mass is 9.86. The molecule has 1 aliphatic heterocycles. The van der Waals surface area contributed by atoms with Crippen molar-refractivity contribution < 1.29 is 4.74 Å². The summed E-state index contributed by atoms with van der Waals surface area (Å²) >= 11 is 0. The van der Waals surface area contributed by atoms with Crippen LogP contribution in [0.5, 0.6) is 0 Å². The third-order valence-corrected chi connectivity index (χ3v) is 2.70. The summed E-state index contributed by atoms with van der Waals surface area (Å²) in [6, 6.07) is 0. The van der Waals surface area contributed by atoms with Crippen LogP contribution in [0.15, 0.2) is 0 Å². The molecule has 0 bridgehead atoms. The van der Waals surface area contributed by atoms with E-state index >= 15 is 0 Å². The molecular weight excluding hydrogens is 140 g/mol. The molecule has 1 heterocycles. The maximum absolute atomic E-state index is 5.63. The van der Waals surface area contributed by atoms with E-state index in [1.165, 1.54) is 25.7 Å². The zero-order valence-electron chi connectivity index (χ0n) is 6.81. The third-order valence-electron chi connectivity index (χ3n) is 2.70. The van der Waals surface area contributed by atoms with E-state index in [9.17, 15) is 0 Å². The highest BCUT2D eigenvalue weighted by Gasteiger charge is 2.26. The van der Waals surface area contributed by atoms with Gasteiger partial charge in [0.05, 0.1) is 6.10 Å². The summed E-state index contributed by atoms with van der Waals surface area (Å²) in [5, 5.41) is 0. The van der Waals surface area contributed by atoms with E-state index in [2.05, 4.69) is 10.9 Å². The zero-order valence-corrected chi connectivity index (χ0v) is 6.81. The fourth-order valence-corrected chi connectivity index (χ4v) is 2.03. The Morgan fingerprint density at radius 3 is 3.00 bits per heavy atom. The normalized spacial score (nSPS) is 39.3. The highest BCUT2D eigenvalue weighted by atomic mass is 16.5. The molecule has 0 aromatic heterocycles. The second kappa shape index (κ2) is 3.52. The Labute approximate surface area is 67.5 Å². The first-order chi connectivity index (χ1) is 5.47. The summed E-state index contributed by atoms with van der Waals surface area (Å²) in [6.07, 6.45) is 5.84. The molecule has 1 aliphatic carbocycles. The Kier molecular flexibility index (Phi) is 2.41. The number of ether oxygens (including phenoxy) is 1. The van der Waals surface area contributed by atoms with E-state index in [1.807, 2.05) is 0 Å². The first-order valence-electron chi connectivity index (χ1n) is 4.54. The molecule has 1 saturated carbocycles. The van der Waals surface area contributed by atoms with E-state index in [0.29, 0.717) is 12.8 Å². The summed E-state index contributed by atoms with van der Waals surface area (Å²) in [7, 11) is 0. The molecule has 2 rings (SSSR count). The van der Waals surface area contributed by atoms with Crippen LogP contribution in [0, 0.1) is 5.92 Å². The van der Waals surface area contributed by atoms with Crippen molar-refractivity contribution in [1.82, 2.24) is 10.9 Å². The van der Waals surface area contributed by atoms with Crippen molar-refractivity contribution in [2.24, 2.45) is 5.92 Å². The smallest absolute Gasteiger partial charge is 0.109 e. The van der Waals surface area contributed by atoms with Crippen LogP contribution < -0.4 is 10.9 Å². The second-order valence-electron chi connectivity index (χ2n) is 3.45. The third kappa shape index (κ3) is 1.72. The molecule has 0 spiro atoms. The molecule has 2 unspecified atom stereocenters. The minimum Gasteiger partial charge on any atom is -0.361 e. The molecule has 2 fully saturated rings. The van der Waals surface area contributed by atoms with Gasteiger partial charge >= 0.3 is 0 Å². The van der Waals surface area contributed by atoms with Crippen LogP contribution in [0.2, 0.25) is 0 Å². The van der Waals surface area contributed by atoms with Crippen LogP contribution in [0.1, 0.15) is 25.7 Å². The fraction of sp³-hybridized carbons (Fsp3) is 1.00. The molecule has 3 nitrogen and oxygen atoms in total. The fourth-order valence-electron chi connectivity index (χ4n) is 2.03. The molecule has 2 N–H and O–H groups in total. The van der Waals surface area contributed by atoms with Gasteiger partial charge in [0.2, 0.25) is 0 Å². The van der Waals surface area contributed by atoms with E-state index in [-0.39, 0.29) is 0 Å². The number of nitrogens with one attached hydrogen (secondary N) is 2. The Hall–Kier alpha value is -0.120. The summed E-state index contributed by atoms with van der Waals surface area (Å²) in [5.74, 6) is 0.749. The molecule has 2 aliphatic rings. The number of hydrogen-bond acceptors (Lipinski definition) is 3. The largest absolute Gasteiger partial charge is 0.361 e. The minimum atomic E-state index is 0.520. The number of rotatable bonds is 0. The highest BCUT2D eigenvalue weighted by molar-refractivity contribution is 4.78. The molecule has 1 saturated heterocycles. The topological polar surface area (TPSA) is 33.3 Å². The molecule has 64 valence electrons. The SMILES string of the molecule is C1CCC2OCNNCC2C1. The first-order valence-corrected chi connectivity index (χ1v) is 4.54. The van der Waals surface area contributed by atoms with E-state index in [4.69, 9.17) is 4.74 Å². The van der Waals surface area contributed by atoms with Gasteiger partial charge in [0.1, 0.15) is 6.73 Å². The van der Waals surface area contributed by atoms with Crippen molar-refractivity contribution in [3.05, 3.63) is 0 Å². The average Bonchev–Trinajstić information content (AvgIpc) is 2.28. The molecule has 0 aromatic rings. The Bertz CT molecular complexity index is 115. The molecule has 0 aromatic carbocycles. The standard InChI is InChI=1S/C8H16N2O/c1-2-4-8-7(3-1)5-9-10-6-11-8/h7-10H,1-6H2. The lowest BCUT2D eigenvalue weighted by Gasteiger charge is -2.28. The van der Waals surface area contributed by atoms with Gasteiger partial charge in [-0.3, -0.25) is 5.43 Å². The quantitative estimate of drug-likeness (QED) is 0.539. The van der Waals surface area contributed by atoms with E-state index in [0.717, 1.165) is 12.5 Å². The van der Waals surface area contributed by atoms with Gasteiger partial charge in [-0.15, -0.1) is 0 Å². The molecule has 3 heteroatoms. The first kappa shape index (κ1) is 7.53. The van der Waals surface area contributed by atoms with Crippen LogP contribution in [-0.2, 0) is 4.74 Å². The lowest BCUT2D eigenvalue weighted by Crippen LogP contribution is -2.34. The number of fused-ring (bicyclic) bond motifs is 1. The maximum Gasteiger partial charge on any atom is 0.109 e. The van der Waals surface area contributed by atoms with E-state index in [1.54, 1.807) is 0 Å². The highest BCUT2D eigenvalue weighted by Crippen LogP contribution is 2.26. The van der Waals surface area contributed by atoms with Gasteiger partial charge in [0.15, 0.2) is 0 Å². The van der Waals surface area contributed by atoms with Gasteiger partial charge in [-0.05, 0) is 18.8 Å². The molecule has 0 radical (unpaired) electrons.